The fourth-order valence-electron chi connectivity index (χ4n) is 1.80. The molecular weight excluding hydrogens is 276 g/mol. The number of nitrogens with one attached hydrogen (secondary N) is 1. The maximum Gasteiger partial charge on any atom is 0.243 e. The maximum absolute atomic E-state index is 12.1. The summed E-state index contributed by atoms with van der Waals surface area (Å²) in [6.45, 7) is 2.26. The Kier molecular flexibility index (Phi) is 4.31. The van der Waals surface area contributed by atoms with Crippen LogP contribution < -0.4 is 10.5 Å². The maximum atomic E-state index is 12.1. The fraction of sp³-hybridized carbons (Fsp3) is 0.231. The van der Waals surface area contributed by atoms with E-state index in [4.69, 9.17) is 5.73 Å². The van der Waals surface area contributed by atoms with Gasteiger partial charge in [-0.25, -0.2) is 23.1 Å². The van der Waals surface area contributed by atoms with Crippen molar-refractivity contribution in [3.8, 4) is 0 Å². The number of nitrogen functional groups attached to an aromatic ring is 1. The van der Waals surface area contributed by atoms with Gasteiger partial charge in [0, 0.05) is 6.54 Å². The Balaban J connectivity index is 2.15. The predicted octanol–water partition coefficient (Wildman–Crippen LogP) is 1.10. The Labute approximate surface area is 118 Å². The molecule has 106 valence electrons. The first-order chi connectivity index (χ1) is 9.53. The number of hydrogen-bond donors (Lipinski definition) is 2. The van der Waals surface area contributed by atoms with E-state index in [0.717, 1.165) is 17.5 Å². The summed E-state index contributed by atoms with van der Waals surface area (Å²) >= 11 is 0. The summed E-state index contributed by atoms with van der Waals surface area (Å²) in [5, 5.41) is 0. The minimum absolute atomic E-state index is 0.000629. The number of nitrogens with two attached hydrogens (primary N) is 1. The van der Waals surface area contributed by atoms with Crippen LogP contribution in [0, 0.1) is 0 Å². The molecule has 0 bridgehead atoms. The van der Waals surface area contributed by atoms with Gasteiger partial charge in [-0.1, -0.05) is 31.2 Å². The standard InChI is InChI=1S/C13H16N4O2S/c1-2-10-5-3-4-6-11(10)7-17-20(18,19)12-8-15-13(14)16-9-12/h3-6,8-9,17H,2,7H2,1H3,(H2,14,15,16). The summed E-state index contributed by atoms with van der Waals surface area (Å²) in [6.07, 6.45) is 3.23. The molecule has 2 rings (SSSR count). The lowest BCUT2D eigenvalue weighted by Crippen LogP contribution is -2.24. The molecule has 1 aromatic carbocycles. The first-order valence-corrected chi connectivity index (χ1v) is 7.65. The second-order valence-electron chi connectivity index (χ2n) is 4.22. The molecule has 1 heterocycles. The molecule has 6 nitrogen and oxygen atoms in total. The highest BCUT2D eigenvalue weighted by atomic mass is 32.2. The van der Waals surface area contributed by atoms with Crippen molar-refractivity contribution in [1.82, 2.24) is 14.7 Å². The largest absolute Gasteiger partial charge is 0.368 e. The molecule has 0 aliphatic carbocycles. The van der Waals surface area contributed by atoms with Crippen molar-refractivity contribution in [2.45, 2.75) is 24.8 Å². The normalized spacial score (nSPS) is 11.4. The Bertz CT molecular complexity index is 684. The van der Waals surface area contributed by atoms with E-state index in [1.807, 2.05) is 31.2 Å². The molecule has 0 fully saturated rings. The third kappa shape index (κ3) is 3.31. The molecule has 0 unspecified atom stereocenters. The lowest BCUT2D eigenvalue weighted by Gasteiger charge is -2.09. The van der Waals surface area contributed by atoms with E-state index in [0.29, 0.717) is 0 Å². The van der Waals surface area contributed by atoms with E-state index in [1.54, 1.807) is 0 Å². The van der Waals surface area contributed by atoms with Crippen LogP contribution in [0.1, 0.15) is 18.1 Å². The summed E-state index contributed by atoms with van der Waals surface area (Å²) < 4.78 is 26.7. The van der Waals surface area contributed by atoms with Crippen molar-refractivity contribution in [2.24, 2.45) is 0 Å². The number of anilines is 1. The van der Waals surface area contributed by atoms with E-state index in [1.165, 1.54) is 12.4 Å². The highest BCUT2D eigenvalue weighted by molar-refractivity contribution is 7.89. The first kappa shape index (κ1) is 14.4. The Morgan fingerprint density at radius 2 is 1.75 bits per heavy atom. The summed E-state index contributed by atoms with van der Waals surface area (Å²) in [5.41, 5.74) is 7.40. The van der Waals surface area contributed by atoms with Crippen LogP contribution in [0.4, 0.5) is 5.95 Å². The van der Waals surface area contributed by atoms with Gasteiger partial charge in [-0.2, -0.15) is 0 Å². The topological polar surface area (TPSA) is 98.0 Å². The van der Waals surface area contributed by atoms with E-state index in [9.17, 15) is 8.42 Å². The summed E-state index contributed by atoms with van der Waals surface area (Å²) in [5.74, 6) is 0.0419. The van der Waals surface area contributed by atoms with Crippen molar-refractivity contribution in [3.05, 3.63) is 47.8 Å². The zero-order valence-electron chi connectivity index (χ0n) is 11.1. The molecule has 3 N–H and O–H groups in total. The number of aromatic nitrogens is 2. The Morgan fingerprint density at radius 3 is 2.35 bits per heavy atom. The number of sulfonamides is 1. The zero-order valence-corrected chi connectivity index (χ0v) is 11.9. The van der Waals surface area contributed by atoms with Crippen LogP contribution in [0.15, 0.2) is 41.6 Å². The van der Waals surface area contributed by atoms with Crippen LogP contribution in [0.2, 0.25) is 0 Å². The molecular formula is C13H16N4O2S. The van der Waals surface area contributed by atoms with Crippen molar-refractivity contribution in [1.29, 1.82) is 0 Å². The SMILES string of the molecule is CCc1ccccc1CNS(=O)(=O)c1cnc(N)nc1. The minimum Gasteiger partial charge on any atom is -0.368 e. The lowest BCUT2D eigenvalue weighted by atomic mass is 10.1. The molecule has 7 heteroatoms. The highest BCUT2D eigenvalue weighted by Gasteiger charge is 2.15. The van der Waals surface area contributed by atoms with Crippen LogP contribution in [0.3, 0.4) is 0 Å². The van der Waals surface area contributed by atoms with Gasteiger partial charge >= 0.3 is 0 Å². The summed E-state index contributed by atoms with van der Waals surface area (Å²) in [7, 11) is -3.63. The second kappa shape index (κ2) is 5.98. The molecule has 2 aromatic rings. The van der Waals surface area contributed by atoms with E-state index in [-0.39, 0.29) is 17.4 Å². The highest BCUT2D eigenvalue weighted by Crippen LogP contribution is 2.11. The van der Waals surface area contributed by atoms with E-state index < -0.39 is 10.0 Å². The van der Waals surface area contributed by atoms with Crippen LogP contribution in [-0.4, -0.2) is 18.4 Å². The van der Waals surface area contributed by atoms with Gasteiger partial charge in [0.1, 0.15) is 4.90 Å². The third-order valence-corrected chi connectivity index (χ3v) is 4.27. The van der Waals surface area contributed by atoms with Gasteiger partial charge in [0.2, 0.25) is 16.0 Å². The smallest absolute Gasteiger partial charge is 0.243 e. The number of hydrogen-bond acceptors (Lipinski definition) is 5. The van der Waals surface area contributed by atoms with Crippen LogP contribution in [-0.2, 0) is 23.0 Å². The van der Waals surface area contributed by atoms with Gasteiger partial charge < -0.3 is 5.73 Å². The summed E-state index contributed by atoms with van der Waals surface area (Å²) in [4.78, 5) is 7.36. The number of aryl methyl sites for hydroxylation is 1. The molecule has 0 atom stereocenters. The molecule has 0 saturated carbocycles. The number of nitrogens with zero attached hydrogens (tertiary/aromatic N) is 2. The molecule has 1 aromatic heterocycles. The quantitative estimate of drug-likeness (QED) is 0.860. The Hall–Kier alpha value is -1.99. The zero-order chi connectivity index (χ0) is 14.6. The molecule has 0 saturated heterocycles. The van der Waals surface area contributed by atoms with E-state index >= 15 is 0 Å². The van der Waals surface area contributed by atoms with Crippen molar-refractivity contribution in [2.75, 3.05) is 5.73 Å². The Morgan fingerprint density at radius 1 is 1.15 bits per heavy atom. The monoisotopic (exact) mass is 292 g/mol. The van der Waals surface area contributed by atoms with Crippen LogP contribution in [0.5, 0.6) is 0 Å². The molecule has 0 aliphatic heterocycles. The van der Waals surface area contributed by atoms with Gasteiger partial charge in [-0.15, -0.1) is 0 Å². The third-order valence-electron chi connectivity index (χ3n) is 2.91. The molecule has 0 radical (unpaired) electrons. The average Bonchev–Trinajstić information content (AvgIpc) is 2.46. The number of rotatable bonds is 5. The fourth-order valence-corrected chi connectivity index (χ4v) is 2.69. The minimum atomic E-state index is -3.63. The van der Waals surface area contributed by atoms with Crippen LogP contribution >= 0.6 is 0 Å². The molecule has 0 amide bonds. The molecule has 20 heavy (non-hydrogen) atoms. The van der Waals surface area contributed by atoms with Crippen molar-refractivity contribution < 1.29 is 8.42 Å². The van der Waals surface area contributed by atoms with Crippen molar-refractivity contribution in [3.63, 3.8) is 0 Å². The predicted molar refractivity (Wildman–Crippen MR) is 76.3 cm³/mol. The first-order valence-electron chi connectivity index (χ1n) is 6.17. The van der Waals surface area contributed by atoms with Gasteiger partial charge in [-0.05, 0) is 17.5 Å². The second-order valence-corrected chi connectivity index (χ2v) is 5.99. The van der Waals surface area contributed by atoms with Crippen LogP contribution in [0.25, 0.3) is 0 Å². The number of benzene rings is 1. The molecule has 0 spiro atoms. The van der Waals surface area contributed by atoms with Gasteiger partial charge in [0.05, 0.1) is 12.4 Å². The van der Waals surface area contributed by atoms with Gasteiger partial charge in [-0.3, -0.25) is 0 Å². The summed E-state index contributed by atoms with van der Waals surface area (Å²) in [6, 6.07) is 7.70. The molecule has 0 aliphatic rings. The van der Waals surface area contributed by atoms with E-state index in [2.05, 4.69) is 14.7 Å². The van der Waals surface area contributed by atoms with Crippen molar-refractivity contribution >= 4 is 16.0 Å². The van der Waals surface area contributed by atoms with Gasteiger partial charge in [0.15, 0.2) is 0 Å². The lowest BCUT2D eigenvalue weighted by molar-refractivity contribution is 0.580. The van der Waals surface area contributed by atoms with Gasteiger partial charge in [0.25, 0.3) is 0 Å². The average molecular weight is 292 g/mol.